The lowest BCUT2D eigenvalue weighted by atomic mass is 9.93. The van der Waals surface area contributed by atoms with Crippen molar-refractivity contribution in [3.63, 3.8) is 0 Å². The van der Waals surface area contributed by atoms with Crippen molar-refractivity contribution in [1.82, 2.24) is 20.4 Å². The van der Waals surface area contributed by atoms with Crippen LogP contribution in [0.4, 0.5) is 0 Å². The summed E-state index contributed by atoms with van der Waals surface area (Å²) in [4.78, 5) is 20.8. The first-order valence-electron chi connectivity index (χ1n) is 10.7. The molecule has 2 saturated heterocycles. The summed E-state index contributed by atoms with van der Waals surface area (Å²) in [6.45, 7) is 7.30. The number of likely N-dealkylation sites (tertiary alicyclic amines) is 1. The van der Waals surface area contributed by atoms with E-state index in [4.69, 9.17) is 4.74 Å². The molecule has 0 aliphatic carbocycles. The number of nitrogens with one attached hydrogen (secondary N) is 2. The van der Waals surface area contributed by atoms with Gasteiger partial charge >= 0.3 is 0 Å². The second-order valence-corrected chi connectivity index (χ2v) is 7.92. The summed E-state index contributed by atoms with van der Waals surface area (Å²) in [6.07, 6.45) is 2.69. The van der Waals surface area contributed by atoms with Gasteiger partial charge in [-0.05, 0) is 29.9 Å². The molecule has 0 radical (unpaired) electrons. The number of hydrogen-bond acceptors (Lipinski definition) is 4. The monoisotopic (exact) mass is 401 g/mol. The van der Waals surface area contributed by atoms with Gasteiger partial charge in [0.1, 0.15) is 0 Å². The van der Waals surface area contributed by atoms with Crippen LogP contribution in [0.25, 0.3) is 0 Å². The molecule has 0 aromatic heterocycles. The Morgan fingerprint density at radius 2 is 1.90 bits per heavy atom. The number of carbonyl (C=O) groups is 1. The van der Waals surface area contributed by atoms with Crippen molar-refractivity contribution in [3.8, 4) is 0 Å². The summed E-state index contributed by atoms with van der Waals surface area (Å²) >= 11 is 0. The standard InChI is InChI=1S/C22H35N5O2/c1-23-21(28)15-18-6-8-27(9-7-18)22(24-2)25-16-19-4-3-5-20(14-19)17-26-10-12-29-13-11-26/h3-5,14,18H,6-13,15-17H2,1-2H3,(H,23,28)(H,24,25). The van der Waals surface area contributed by atoms with E-state index >= 15 is 0 Å². The van der Waals surface area contributed by atoms with E-state index in [0.29, 0.717) is 12.3 Å². The van der Waals surface area contributed by atoms with E-state index in [1.54, 1.807) is 7.05 Å². The molecule has 3 rings (SSSR count). The largest absolute Gasteiger partial charge is 0.379 e. The Bertz CT molecular complexity index is 680. The molecule has 1 aromatic rings. The fourth-order valence-electron chi connectivity index (χ4n) is 4.08. The highest BCUT2D eigenvalue weighted by molar-refractivity contribution is 5.80. The Hall–Kier alpha value is -2.12. The molecule has 2 fully saturated rings. The fourth-order valence-corrected chi connectivity index (χ4v) is 4.08. The topological polar surface area (TPSA) is 69.2 Å². The van der Waals surface area contributed by atoms with Crippen LogP contribution in [0.1, 0.15) is 30.4 Å². The van der Waals surface area contributed by atoms with Crippen molar-refractivity contribution in [2.24, 2.45) is 10.9 Å². The van der Waals surface area contributed by atoms with Crippen LogP contribution in [0.5, 0.6) is 0 Å². The fraction of sp³-hybridized carbons (Fsp3) is 0.636. The molecule has 7 heteroatoms. The lowest BCUT2D eigenvalue weighted by Gasteiger charge is -2.34. The van der Waals surface area contributed by atoms with Crippen LogP contribution >= 0.6 is 0 Å². The van der Waals surface area contributed by atoms with E-state index in [1.165, 1.54) is 11.1 Å². The van der Waals surface area contributed by atoms with Crippen LogP contribution < -0.4 is 10.6 Å². The smallest absolute Gasteiger partial charge is 0.220 e. The quantitative estimate of drug-likeness (QED) is 0.558. The van der Waals surface area contributed by atoms with Crippen molar-refractivity contribution in [2.75, 3.05) is 53.5 Å². The Balaban J connectivity index is 1.47. The van der Waals surface area contributed by atoms with Crippen LogP contribution in [-0.4, -0.2) is 75.2 Å². The van der Waals surface area contributed by atoms with Gasteiger partial charge in [-0.3, -0.25) is 14.7 Å². The van der Waals surface area contributed by atoms with Gasteiger partial charge in [0.25, 0.3) is 0 Å². The van der Waals surface area contributed by atoms with E-state index < -0.39 is 0 Å². The number of nitrogens with zero attached hydrogens (tertiary/aromatic N) is 3. The van der Waals surface area contributed by atoms with Gasteiger partial charge in [-0.25, -0.2) is 0 Å². The SMILES string of the molecule is CN=C(NCc1cccc(CN2CCOCC2)c1)N1CCC(CC(=O)NC)CC1. The molecule has 2 aliphatic heterocycles. The van der Waals surface area contributed by atoms with Gasteiger partial charge in [0, 0.05) is 59.8 Å². The maximum absolute atomic E-state index is 11.6. The van der Waals surface area contributed by atoms with Gasteiger partial charge in [0.05, 0.1) is 13.2 Å². The molecule has 0 saturated carbocycles. The van der Waals surface area contributed by atoms with Crippen LogP contribution in [0, 0.1) is 5.92 Å². The molecule has 2 N–H and O–H groups in total. The summed E-state index contributed by atoms with van der Waals surface area (Å²) in [5.41, 5.74) is 2.61. The first-order valence-corrected chi connectivity index (χ1v) is 10.7. The minimum Gasteiger partial charge on any atom is -0.379 e. The van der Waals surface area contributed by atoms with E-state index in [1.807, 2.05) is 7.05 Å². The average molecular weight is 402 g/mol. The maximum atomic E-state index is 11.6. The number of benzene rings is 1. The van der Waals surface area contributed by atoms with Gasteiger partial charge in [-0.2, -0.15) is 0 Å². The molecule has 7 nitrogen and oxygen atoms in total. The Morgan fingerprint density at radius 3 is 2.59 bits per heavy atom. The summed E-state index contributed by atoms with van der Waals surface area (Å²) in [5.74, 6) is 1.56. The third-order valence-corrected chi connectivity index (χ3v) is 5.83. The summed E-state index contributed by atoms with van der Waals surface area (Å²) < 4.78 is 5.44. The van der Waals surface area contributed by atoms with Crippen molar-refractivity contribution in [3.05, 3.63) is 35.4 Å². The van der Waals surface area contributed by atoms with E-state index in [9.17, 15) is 4.79 Å². The van der Waals surface area contributed by atoms with Crippen molar-refractivity contribution >= 4 is 11.9 Å². The van der Waals surface area contributed by atoms with Gasteiger partial charge in [0.15, 0.2) is 5.96 Å². The zero-order valence-corrected chi connectivity index (χ0v) is 17.8. The second-order valence-electron chi connectivity index (χ2n) is 7.92. The Kier molecular flexibility index (Phi) is 8.31. The molecule has 0 bridgehead atoms. The third kappa shape index (κ3) is 6.72. The normalized spacial score (nSPS) is 19.2. The highest BCUT2D eigenvalue weighted by Gasteiger charge is 2.23. The molecular weight excluding hydrogens is 366 g/mol. The van der Waals surface area contributed by atoms with Gasteiger partial charge in [0.2, 0.25) is 5.91 Å². The highest BCUT2D eigenvalue weighted by atomic mass is 16.5. The number of guanidine groups is 1. The number of carbonyl (C=O) groups excluding carboxylic acids is 1. The van der Waals surface area contributed by atoms with Crippen LogP contribution in [0.2, 0.25) is 0 Å². The van der Waals surface area contributed by atoms with E-state index in [2.05, 4.69) is 49.7 Å². The molecule has 0 spiro atoms. The van der Waals surface area contributed by atoms with Crippen LogP contribution in [0.15, 0.2) is 29.3 Å². The molecule has 2 aliphatic rings. The number of hydrogen-bond donors (Lipinski definition) is 2. The molecule has 0 unspecified atom stereocenters. The lowest BCUT2D eigenvalue weighted by Crippen LogP contribution is -2.45. The molecular formula is C22H35N5O2. The molecule has 160 valence electrons. The molecule has 1 amide bonds. The van der Waals surface area contributed by atoms with E-state index in [-0.39, 0.29) is 5.91 Å². The minimum absolute atomic E-state index is 0.142. The van der Waals surface area contributed by atoms with Crippen molar-refractivity contribution < 1.29 is 9.53 Å². The molecule has 2 heterocycles. The third-order valence-electron chi connectivity index (χ3n) is 5.83. The molecule has 0 atom stereocenters. The number of piperidine rings is 1. The van der Waals surface area contributed by atoms with Gasteiger partial charge in [-0.15, -0.1) is 0 Å². The predicted octanol–water partition coefficient (Wildman–Crippen LogP) is 1.44. The van der Waals surface area contributed by atoms with Crippen LogP contribution in [0.3, 0.4) is 0 Å². The van der Waals surface area contributed by atoms with Crippen molar-refractivity contribution in [1.29, 1.82) is 0 Å². The number of ether oxygens (including phenoxy) is 1. The summed E-state index contributed by atoms with van der Waals surface area (Å²) in [7, 11) is 3.55. The highest BCUT2D eigenvalue weighted by Crippen LogP contribution is 2.20. The zero-order valence-electron chi connectivity index (χ0n) is 17.8. The minimum atomic E-state index is 0.142. The maximum Gasteiger partial charge on any atom is 0.220 e. The summed E-state index contributed by atoms with van der Waals surface area (Å²) in [5, 5.41) is 6.24. The van der Waals surface area contributed by atoms with Crippen LogP contribution in [-0.2, 0) is 22.6 Å². The Morgan fingerprint density at radius 1 is 1.17 bits per heavy atom. The number of amides is 1. The molecule has 1 aromatic carbocycles. The first kappa shape index (κ1) is 21.6. The van der Waals surface area contributed by atoms with Gasteiger partial charge < -0.3 is 20.3 Å². The number of morpholine rings is 1. The first-order chi connectivity index (χ1) is 14.2. The lowest BCUT2D eigenvalue weighted by molar-refractivity contribution is -0.121. The van der Waals surface area contributed by atoms with Gasteiger partial charge in [-0.1, -0.05) is 24.3 Å². The predicted molar refractivity (Wildman–Crippen MR) is 116 cm³/mol. The van der Waals surface area contributed by atoms with Crippen molar-refractivity contribution in [2.45, 2.75) is 32.4 Å². The number of rotatable bonds is 6. The second kappa shape index (κ2) is 11.2. The number of aliphatic imine (C=N–C) groups is 1. The Labute approximate surface area is 174 Å². The average Bonchev–Trinajstić information content (AvgIpc) is 2.76. The summed E-state index contributed by atoms with van der Waals surface area (Å²) in [6, 6.07) is 8.79. The zero-order chi connectivity index (χ0) is 20.5. The van der Waals surface area contributed by atoms with E-state index in [0.717, 1.165) is 71.3 Å². The molecule has 29 heavy (non-hydrogen) atoms.